The molecule has 1 aromatic carbocycles. The summed E-state index contributed by atoms with van der Waals surface area (Å²) in [6.45, 7) is 4.69. The van der Waals surface area contributed by atoms with Crippen LogP contribution in [0.15, 0.2) is 28.7 Å². The third-order valence-electron chi connectivity index (χ3n) is 5.17. The second-order valence-corrected chi connectivity index (χ2v) is 6.92. The molecule has 10 heteroatoms. The Labute approximate surface area is 173 Å². The normalized spacial score (nSPS) is 16.3. The van der Waals surface area contributed by atoms with E-state index in [2.05, 4.69) is 15.5 Å². The van der Waals surface area contributed by atoms with Gasteiger partial charge in [-0.3, -0.25) is 14.5 Å². The van der Waals surface area contributed by atoms with E-state index >= 15 is 0 Å². The van der Waals surface area contributed by atoms with E-state index in [0.29, 0.717) is 24.2 Å². The summed E-state index contributed by atoms with van der Waals surface area (Å²) in [5.74, 6) is -0.125. The fourth-order valence-electron chi connectivity index (χ4n) is 3.21. The SMILES string of the molecule is CCC1(CC)NC(=O)N(CC(=O)O[C@H](C)c2nnc(-c3ccc(OC)cc3)o2)C1=O. The van der Waals surface area contributed by atoms with E-state index in [1.54, 1.807) is 38.3 Å². The molecule has 3 amide bonds. The standard InChI is InChI=1S/C20H24N4O6/c1-5-20(6-2)18(26)24(19(27)21-20)11-15(25)29-12(3)16-22-23-17(30-16)13-7-9-14(28-4)10-8-13/h7-10,12H,5-6,11H2,1-4H3,(H,21,27)/t12-/m1/s1. The van der Waals surface area contributed by atoms with E-state index in [9.17, 15) is 14.4 Å². The van der Waals surface area contributed by atoms with Crippen LogP contribution in [0.5, 0.6) is 5.75 Å². The quantitative estimate of drug-likeness (QED) is 0.514. The number of urea groups is 1. The maximum Gasteiger partial charge on any atom is 0.327 e. The molecule has 1 N–H and O–H groups in total. The van der Waals surface area contributed by atoms with Crippen LogP contribution >= 0.6 is 0 Å². The second kappa shape index (κ2) is 8.52. The van der Waals surface area contributed by atoms with Crippen molar-refractivity contribution in [1.29, 1.82) is 0 Å². The van der Waals surface area contributed by atoms with Gasteiger partial charge in [0.2, 0.25) is 5.89 Å². The molecule has 1 fully saturated rings. The molecule has 2 aromatic rings. The highest BCUT2D eigenvalue weighted by molar-refractivity contribution is 6.08. The third-order valence-corrected chi connectivity index (χ3v) is 5.17. The molecule has 1 aliphatic heterocycles. The summed E-state index contributed by atoms with van der Waals surface area (Å²) in [4.78, 5) is 37.9. The lowest BCUT2D eigenvalue weighted by Gasteiger charge is -2.23. The minimum atomic E-state index is -0.970. The van der Waals surface area contributed by atoms with Gasteiger partial charge in [-0.15, -0.1) is 10.2 Å². The van der Waals surface area contributed by atoms with Crippen molar-refractivity contribution in [2.75, 3.05) is 13.7 Å². The van der Waals surface area contributed by atoms with Crippen LogP contribution in [0.1, 0.15) is 45.6 Å². The number of hydrogen-bond acceptors (Lipinski definition) is 8. The van der Waals surface area contributed by atoms with E-state index in [4.69, 9.17) is 13.9 Å². The van der Waals surface area contributed by atoms with Crippen molar-refractivity contribution < 1.29 is 28.3 Å². The minimum absolute atomic E-state index is 0.0998. The van der Waals surface area contributed by atoms with Gasteiger partial charge in [-0.25, -0.2) is 4.79 Å². The number of amides is 3. The summed E-state index contributed by atoms with van der Waals surface area (Å²) in [5, 5.41) is 10.5. The molecule has 10 nitrogen and oxygen atoms in total. The van der Waals surface area contributed by atoms with Crippen LogP contribution in [0.25, 0.3) is 11.5 Å². The zero-order valence-corrected chi connectivity index (χ0v) is 17.3. The zero-order valence-electron chi connectivity index (χ0n) is 17.3. The first-order valence-corrected chi connectivity index (χ1v) is 9.65. The summed E-state index contributed by atoms with van der Waals surface area (Å²) >= 11 is 0. The lowest BCUT2D eigenvalue weighted by Crippen LogP contribution is -2.46. The van der Waals surface area contributed by atoms with Gasteiger partial charge in [0.1, 0.15) is 17.8 Å². The van der Waals surface area contributed by atoms with Gasteiger partial charge in [0.15, 0.2) is 6.10 Å². The molecule has 2 heterocycles. The zero-order chi connectivity index (χ0) is 21.9. The van der Waals surface area contributed by atoms with Crippen LogP contribution in [0.4, 0.5) is 4.79 Å². The fraction of sp³-hybridized carbons (Fsp3) is 0.450. The number of ether oxygens (including phenoxy) is 2. The van der Waals surface area contributed by atoms with E-state index in [1.807, 2.05) is 13.8 Å². The Morgan fingerprint density at radius 2 is 1.87 bits per heavy atom. The number of nitrogens with one attached hydrogen (secondary N) is 1. The molecule has 0 radical (unpaired) electrons. The van der Waals surface area contributed by atoms with Crippen LogP contribution < -0.4 is 10.1 Å². The van der Waals surface area contributed by atoms with Crippen LogP contribution in [0, 0.1) is 0 Å². The molecule has 0 spiro atoms. The average Bonchev–Trinajstić information content (AvgIpc) is 3.33. The van der Waals surface area contributed by atoms with Gasteiger partial charge in [-0.1, -0.05) is 13.8 Å². The number of hydrogen-bond donors (Lipinski definition) is 1. The second-order valence-electron chi connectivity index (χ2n) is 6.92. The topological polar surface area (TPSA) is 124 Å². The van der Waals surface area contributed by atoms with Crippen LogP contribution in [0.3, 0.4) is 0 Å². The van der Waals surface area contributed by atoms with Gasteiger partial charge in [0, 0.05) is 5.56 Å². The maximum atomic E-state index is 12.6. The number of aromatic nitrogens is 2. The van der Waals surface area contributed by atoms with Crippen molar-refractivity contribution in [3.63, 3.8) is 0 Å². The van der Waals surface area contributed by atoms with E-state index in [1.165, 1.54) is 0 Å². The van der Waals surface area contributed by atoms with Crippen LogP contribution in [0.2, 0.25) is 0 Å². The largest absolute Gasteiger partial charge is 0.497 e. The first kappa shape index (κ1) is 21.3. The number of rotatable bonds is 8. The molecule has 0 aliphatic carbocycles. The summed E-state index contributed by atoms with van der Waals surface area (Å²) in [5.41, 5.74) is -0.286. The van der Waals surface area contributed by atoms with Gasteiger partial charge in [-0.05, 0) is 44.0 Å². The third kappa shape index (κ3) is 3.98. The predicted molar refractivity (Wildman–Crippen MR) is 104 cm³/mol. The number of carbonyl (C=O) groups is 3. The number of imide groups is 1. The molecule has 1 aliphatic rings. The van der Waals surface area contributed by atoms with Gasteiger partial charge < -0.3 is 19.2 Å². The Hall–Kier alpha value is -3.43. The Bertz CT molecular complexity index is 935. The van der Waals surface area contributed by atoms with Crippen molar-refractivity contribution in [3.05, 3.63) is 30.2 Å². The van der Waals surface area contributed by atoms with Crippen molar-refractivity contribution in [2.24, 2.45) is 0 Å². The predicted octanol–water partition coefficient (Wildman–Crippen LogP) is 2.46. The summed E-state index contributed by atoms with van der Waals surface area (Å²) in [6.07, 6.45) is 0.0260. The first-order valence-electron chi connectivity index (χ1n) is 9.65. The number of carbonyl (C=O) groups excluding carboxylic acids is 3. The summed E-state index contributed by atoms with van der Waals surface area (Å²) in [7, 11) is 1.57. The van der Waals surface area contributed by atoms with Gasteiger partial charge >= 0.3 is 12.0 Å². The van der Waals surface area contributed by atoms with Gasteiger partial charge in [0.25, 0.3) is 11.8 Å². The smallest absolute Gasteiger partial charge is 0.327 e. The molecule has 0 bridgehead atoms. The number of methoxy groups -OCH3 is 1. The Balaban J connectivity index is 1.63. The lowest BCUT2D eigenvalue weighted by atomic mass is 9.93. The fourth-order valence-corrected chi connectivity index (χ4v) is 3.21. The number of esters is 1. The van der Waals surface area contributed by atoms with Crippen LogP contribution in [-0.4, -0.2) is 52.2 Å². The monoisotopic (exact) mass is 416 g/mol. The number of nitrogens with zero attached hydrogens (tertiary/aromatic N) is 3. The lowest BCUT2D eigenvalue weighted by molar-refractivity contribution is -0.152. The Morgan fingerprint density at radius 3 is 2.43 bits per heavy atom. The molecule has 3 rings (SSSR count). The van der Waals surface area contributed by atoms with Crippen LogP contribution in [-0.2, 0) is 14.3 Å². The van der Waals surface area contributed by atoms with Crippen molar-refractivity contribution >= 4 is 17.9 Å². The Kier molecular flexibility index (Phi) is 6.04. The first-order chi connectivity index (χ1) is 14.3. The van der Waals surface area contributed by atoms with Crippen molar-refractivity contribution in [1.82, 2.24) is 20.4 Å². The number of benzene rings is 1. The molecule has 30 heavy (non-hydrogen) atoms. The van der Waals surface area contributed by atoms with Gasteiger partial charge in [0.05, 0.1) is 7.11 Å². The molecule has 1 aromatic heterocycles. The highest BCUT2D eigenvalue weighted by Crippen LogP contribution is 2.26. The molecule has 0 unspecified atom stereocenters. The summed E-state index contributed by atoms with van der Waals surface area (Å²) < 4.78 is 16.0. The molecular formula is C20H24N4O6. The molecule has 160 valence electrons. The van der Waals surface area contributed by atoms with Crippen molar-refractivity contribution in [3.8, 4) is 17.2 Å². The van der Waals surface area contributed by atoms with Gasteiger partial charge in [-0.2, -0.15) is 0 Å². The molecule has 0 saturated carbocycles. The molecule has 1 saturated heterocycles. The highest BCUT2D eigenvalue weighted by atomic mass is 16.6. The molecular weight excluding hydrogens is 392 g/mol. The summed E-state index contributed by atoms with van der Waals surface area (Å²) in [6, 6.07) is 6.43. The molecule has 1 atom stereocenters. The van der Waals surface area contributed by atoms with E-state index in [0.717, 1.165) is 4.90 Å². The van der Waals surface area contributed by atoms with E-state index < -0.39 is 36.1 Å². The van der Waals surface area contributed by atoms with Crippen molar-refractivity contribution in [2.45, 2.75) is 45.3 Å². The average molecular weight is 416 g/mol. The highest BCUT2D eigenvalue weighted by Gasteiger charge is 2.49. The Morgan fingerprint density at radius 1 is 1.20 bits per heavy atom. The van der Waals surface area contributed by atoms with E-state index in [-0.39, 0.29) is 11.8 Å². The maximum absolute atomic E-state index is 12.6. The minimum Gasteiger partial charge on any atom is -0.497 e.